The van der Waals surface area contributed by atoms with Gasteiger partial charge in [0, 0.05) is 5.56 Å². The molecule has 0 bridgehead atoms. The molecule has 1 amide bonds. The van der Waals surface area contributed by atoms with Crippen molar-refractivity contribution in [2.24, 2.45) is 0 Å². The fourth-order valence-corrected chi connectivity index (χ4v) is 2.11. The predicted octanol–water partition coefficient (Wildman–Crippen LogP) is 3.55. The maximum atomic E-state index is 12.2. The van der Waals surface area contributed by atoms with Crippen LogP contribution in [-0.2, 0) is 6.54 Å². The average molecular weight is 323 g/mol. The van der Waals surface area contributed by atoms with Crippen LogP contribution in [0.4, 0.5) is 11.5 Å². The Labute approximate surface area is 139 Å². The number of furan rings is 1. The van der Waals surface area contributed by atoms with Crippen LogP contribution in [0.2, 0.25) is 0 Å². The highest BCUT2D eigenvalue weighted by Crippen LogP contribution is 2.15. The molecule has 122 valence electrons. The number of amides is 1. The lowest BCUT2D eigenvalue weighted by Crippen LogP contribution is -2.12. The van der Waals surface area contributed by atoms with E-state index in [-0.39, 0.29) is 5.91 Å². The summed E-state index contributed by atoms with van der Waals surface area (Å²) in [6.45, 7) is 0.553. The molecule has 0 aliphatic heterocycles. The molecular formula is C18H17N3O3. The fourth-order valence-electron chi connectivity index (χ4n) is 2.11. The molecule has 6 nitrogen and oxygen atoms in total. The van der Waals surface area contributed by atoms with Crippen molar-refractivity contribution in [1.82, 2.24) is 4.98 Å². The van der Waals surface area contributed by atoms with E-state index in [1.54, 1.807) is 56.0 Å². The molecule has 2 N–H and O–H groups in total. The Morgan fingerprint density at radius 2 is 2.00 bits per heavy atom. The smallest absolute Gasteiger partial charge is 0.255 e. The number of anilines is 2. The second-order valence-corrected chi connectivity index (χ2v) is 5.05. The molecule has 6 heteroatoms. The summed E-state index contributed by atoms with van der Waals surface area (Å²) in [4.78, 5) is 16.4. The van der Waals surface area contributed by atoms with Crippen LogP contribution in [0.3, 0.4) is 0 Å². The van der Waals surface area contributed by atoms with Gasteiger partial charge >= 0.3 is 0 Å². The molecule has 1 aromatic carbocycles. The van der Waals surface area contributed by atoms with Crippen molar-refractivity contribution in [3.05, 3.63) is 72.3 Å². The summed E-state index contributed by atoms with van der Waals surface area (Å²) in [6, 6.07) is 14.2. The number of carbonyl (C=O) groups is 1. The highest BCUT2D eigenvalue weighted by atomic mass is 16.5. The molecule has 0 atom stereocenters. The first-order valence-corrected chi connectivity index (χ1v) is 7.42. The third kappa shape index (κ3) is 3.92. The first-order chi connectivity index (χ1) is 11.7. The summed E-state index contributed by atoms with van der Waals surface area (Å²) < 4.78 is 10.3. The quantitative estimate of drug-likeness (QED) is 0.725. The SMILES string of the molecule is COc1ccc(C(=O)Nc2ccc(NCc3ccco3)nc2)cc1. The van der Waals surface area contributed by atoms with Gasteiger partial charge in [0.15, 0.2) is 0 Å². The normalized spacial score (nSPS) is 10.2. The van der Waals surface area contributed by atoms with Gasteiger partial charge in [0.2, 0.25) is 0 Å². The molecule has 0 spiro atoms. The molecule has 0 saturated heterocycles. The average Bonchev–Trinajstić information content (AvgIpc) is 3.15. The lowest BCUT2D eigenvalue weighted by atomic mass is 10.2. The minimum Gasteiger partial charge on any atom is -0.497 e. The number of pyridine rings is 1. The van der Waals surface area contributed by atoms with Crippen LogP contribution in [0, 0.1) is 0 Å². The van der Waals surface area contributed by atoms with E-state index in [0.717, 1.165) is 5.76 Å². The molecule has 0 unspecified atom stereocenters. The van der Waals surface area contributed by atoms with E-state index in [1.807, 2.05) is 12.1 Å². The van der Waals surface area contributed by atoms with Crippen LogP contribution < -0.4 is 15.4 Å². The first kappa shape index (κ1) is 15.6. The third-order valence-corrected chi connectivity index (χ3v) is 3.40. The van der Waals surface area contributed by atoms with Crippen LogP contribution in [0.25, 0.3) is 0 Å². The number of nitrogens with zero attached hydrogens (tertiary/aromatic N) is 1. The Bertz CT molecular complexity index is 781. The number of carbonyl (C=O) groups excluding carboxylic acids is 1. The number of benzene rings is 1. The van der Waals surface area contributed by atoms with E-state index in [9.17, 15) is 4.79 Å². The zero-order valence-electron chi connectivity index (χ0n) is 13.2. The zero-order valence-corrected chi connectivity index (χ0v) is 13.2. The van der Waals surface area contributed by atoms with Gasteiger partial charge in [-0.05, 0) is 48.5 Å². The fraction of sp³-hybridized carbons (Fsp3) is 0.111. The number of rotatable bonds is 6. The van der Waals surface area contributed by atoms with Crippen molar-refractivity contribution in [1.29, 1.82) is 0 Å². The number of ether oxygens (including phenoxy) is 1. The molecular weight excluding hydrogens is 306 g/mol. The molecule has 3 rings (SSSR count). The highest BCUT2D eigenvalue weighted by Gasteiger charge is 2.06. The number of hydrogen-bond acceptors (Lipinski definition) is 5. The van der Waals surface area contributed by atoms with Crippen molar-refractivity contribution in [3.8, 4) is 5.75 Å². The van der Waals surface area contributed by atoms with Crippen molar-refractivity contribution in [2.45, 2.75) is 6.54 Å². The monoisotopic (exact) mass is 323 g/mol. The van der Waals surface area contributed by atoms with E-state index in [4.69, 9.17) is 9.15 Å². The molecule has 3 aromatic rings. The van der Waals surface area contributed by atoms with Gasteiger partial charge in [0.05, 0.1) is 31.8 Å². The summed E-state index contributed by atoms with van der Waals surface area (Å²) in [5, 5.41) is 5.94. The van der Waals surface area contributed by atoms with Crippen molar-refractivity contribution < 1.29 is 13.9 Å². The second kappa shape index (κ2) is 7.32. The Morgan fingerprint density at radius 3 is 2.62 bits per heavy atom. The summed E-state index contributed by atoms with van der Waals surface area (Å²) in [5.74, 6) is 2.04. The Kier molecular flexibility index (Phi) is 4.76. The van der Waals surface area contributed by atoms with Crippen LogP contribution in [-0.4, -0.2) is 18.0 Å². The van der Waals surface area contributed by atoms with E-state index >= 15 is 0 Å². The summed E-state index contributed by atoms with van der Waals surface area (Å²) in [5.41, 5.74) is 1.18. The van der Waals surface area contributed by atoms with Gasteiger partial charge in [-0.25, -0.2) is 4.98 Å². The molecule has 24 heavy (non-hydrogen) atoms. The van der Waals surface area contributed by atoms with Gasteiger partial charge < -0.3 is 19.8 Å². The van der Waals surface area contributed by atoms with E-state index < -0.39 is 0 Å². The number of nitrogens with one attached hydrogen (secondary N) is 2. The van der Waals surface area contributed by atoms with E-state index in [1.165, 1.54) is 0 Å². The van der Waals surface area contributed by atoms with Crippen molar-refractivity contribution in [3.63, 3.8) is 0 Å². The summed E-state index contributed by atoms with van der Waals surface area (Å²) in [6.07, 6.45) is 3.23. The maximum Gasteiger partial charge on any atom is 0.255 e. The molecule has 0 radical (unpaired) electrons. The van der Waals surface area contributed by atoms with Crippen LogP contribution in [0.15, 0.2) is 65.4 Å². The predicted molar refractivity (Wildman–Crippen MR) is 91.2 cm³/mol. The maximum absolute atomic E-state index is 12.2. The van der Waals surface area contributed by atoms with Gasteiger partial charge in [-0.2, -0.15) is 0 Å². The number of hydrogen-bond donors (Lipinski definition) is 2. The van der Waals surface area contributed by atoms with Crippen LogP contribution >= 0.6 is 0 Å². The van der Waals surface area contributed by atoms with Gasteiger partial charge in [0.25, 0.3) is 5.91 Å². The lowest BCUT2D eigenvalue weighted by Gasteiger charge is -2.07. The van der Waals surface area contributed by atoms with Crippen molar-refractivity contribution in [2.75, 3.05) is 17.7 Å². The van der Waals surface area contributed by atoms with E-state index in [0.29, 0.717) is 29.4 Å². The van der Waals surface area contributed by atoms with Crippen LogP contribution in [0.1, 0.15) is 16.1 Å². The van der Waals surface area contributed by atoms with Gasteiger partial charge in [0.1, 0.15) is 17.3 Å². The van der Waals surface area contributed by atoms with Crippen molar-refractivity contribution >= 4 is 17.4 Å². The zero-order chi connectivity index (χ0) is 16.8. The molecule has 2 aromatic heterocycles. The number of methoxy groups -OCH3 is 1. The highest BCUT2D eigenvalue weighted by molar-refractivity contribution is 6.04. The molecule has 0 fully saturated rings. The minimum atomic E-state index is -0.198. The summed E-state index contributed by atoms with van der Waals surface area (Å²) >= 11 is 0. The Balaban J connectivity index is 1.57. The van der Waals surface area contributed by atoms with Gasteiger partial charge in [-0.1, -0.05) is 0 Å². The second-order valence-electron chi connectivity index (χ2n) is 5.05. The molecule has 0 aliphatic carbocycles. The van der Waals surface area contributed by atoms with E-state index in [2.05, 4.69) is 15.6 Å². The first-order valence-electron chi connectivity index (χ1n) is 7.42. The third-order valence-electron chi connectivity index (χ3n) is 3.40. The van der Waals surface area contributed by atoms with Gasteiger partial charge in [-0.3, -0.25) is 4.79 Å². The number of aromatic nitrogens is 1. The standard InChI is InChI=1S/C18H17N3O3/c1-23-15-7-4-13(5-8-15)18(22)21-14-6-9-17(19-11-14)20-12-16-3-2-10-24-16/h2-11H,12H2,1H3,(H,19,20)(H,21,22). The Hall–Kier alpha value is -3.28. The van der Waals surface area contributed by atoms with Crippen LogP contribution in [0.5, 0.6) is 5.75 Å². The molecule has 0 aliphatic rings. The Morgan fingerprint density at radius 1 is 1.17 bits per heavy atom. The topological polar surface area (TPSA) is 76.4 Å². The summed E-state index contributed by atoms with van der Waals surface area (Å²) in [7, 11) is 1.59. The molecule has 2 heterocycles. The van der Waals surface area contributed by atoms with Gasteiger partial charge in [-0.15, -0.1) is 0 Å². The lowest BCUT2D eigenvalue weighted by molar-refractivity contribution is 0.102. The largest absolute Gasteiger partial charge is 0.497 e. The molecule has 0 saturated carbocycles. The minimum absolute atomic E-state index is 0.198.